The van der Waals surface area contributed by atoms with Crippen LogP contribution in [0.1, 0.15) is 12.0 Å². The molecule has 1 amide bonds. The van der Waals surface area contributed by atoms with Gasteiger partial charge >= 0.3 is 6.18 Å². The van der Waals surface area contributed by atoms with Gasteiger partial charge in [-0.15, -0.1) is 11.8 Å². The average molecular weight is 318 g/mol. The van der Waals surface area contributed by atoms with Gasteiger partial charge in [0.05, 0.1) is 11.3 Å². The molecule has 1 fully saturated rings. The van der Waals surface area contributed by atoms with Gasteiger partial charge in [-0.05, 0) is 31.2 Å². The first-order valence-electron chi connectivity index (χ1n) is 6.64. The van der Waals surface area contributed by atoms with Gasteiger partial charge in [-0.25, -0.2) is 0 Å². The van der Waals surface area contributed by atoms with Crippen LogP contribution in [-0.4, -0.2) is 42.7 Å². The highest BCUT2D eigenvalue weighted by Gasteiger charge is 2.30. The lowest BCUT2D eigenvalue weighted by Crippen LogP contribution is -2.39. The molecule has 1 N–H and O–H groups in total. The summed E-state index contributed by atoms with van der Waals surface area (Å²) in [4.78, 5) is 14.2. The van der Waals surface area contributed by atoms with Gasteiger partial charge in [0, 0.05) is 24.5 Å². The number of nitrogens with one attached hydrogen (secondary N) is 1. The third kappa shape index (κ3) is 4.38. The summed E-state index contributed by atoms with van der Waals surface area (Å²) in [6, 6.07) is 5.24. The van der Waals surface area contributed by atoms with Gasteiger partial charge < -0.3 is 10.2 Å². The minimum atomic E-state index is -4.35. The normalized spacial score (nSPS) is 18.8. The first-order chi connectivity index (χ1) is 9.88. The van der Waals surface area contributed by atoms with Crippen LogP contribution in [0.25, 0.3) is 0 Å². The number of amides is 1. The number of hydrogen-bond donors (Lipinski definition) is 1. The van der Waals surface area contributed by atoms with Crippen LogP contribution in [0.3, 0.4) is 0 Å². The second-order valence-corrected chi connectivity index (χ2v) is 6.01. The SMILES string of the molecule is CN(C(=O)CSc1cccc(C(F)(F)F)c1)C1CCNC1. The summed E-state index contributed by atoms with van der Waals surface area (Å²) in [6.07, 6.45) is -3.44. The van der Waals surface area contributed by atoms with Crippen molar-refractivity contribution in [2.75, 3.05) is 25.9 Å². The highest BCUT2D eigenvalue weighted by molar-refractivity contribution is 8.00. The Morgan fingerprint density at radius 2 is 2.24 bits per heavy atom. The summed E-state index contributed by atoms with van der Waals surface area (Å²) in [5.74, 6) is 0.0833. The third-order valence-electron chi connectivity index (χ3n) is 3.50. The minimum Gasteiger partial charge on any atom is -0.341 e. The van der Waals surface area contributed by atoms with Crippen molar-refractivity contribution in [1.29, 1.82) is 0 Å². The predicted octanol–water partition coefficient (Wildman–Crippen LogP) is 2.62. The fourth-order valence-corrected chi connectivity index (χ4v) is 3.06. The van der Waals surface area contributed by atoms with E-state index < -0.39 is 11.7 Å². The number of hydrogen-bond acceptors (Lipinski definition) is 3. The van der Waals surface area contributed by atoms with E-state index in [0.29, 0.717) is 4.90 Å². The molecule has 21 heavy (non-hydrogen) atoms. The van der Waals surface area contributed by atoms with Gasteiger partial charge in [-0.2, -0.15) is 13.2 Å². The molecule has 1 atom stereocenters. The second-order valence-electron chi connectivity index (χ2n) is 4.97. The highest BCUT2D eigenvalue weighted by atomic mass is 32.2. The first-order valence-corrected chi connectivity index (χ1v) is 7.63. The number of alkyl halides is 3. The molecular formula is C14H17F3N2OS. The number of likely N-dealkylation sites (N-methyl/N-ethyl adjacent to an activating group) is 1. The number of carbonyl (C=O) groups excluding carboxylic acids is 1. The molecule has 0 radical (unpaired) electrons. The van der Waals surface area contributed by atoms with E-state index in [1.165, 1.54) is 6.07 Å². The Morgan fingerprint density at radius 3 is 2.86 bits per heavy atom. The molecule has 116 valence electrons. The second kappa shape index (κ2) is 6.70. The van der Waals surface area contributed by atoms with Gasteiger partial charge in [0.25, 0.3) is 0 Å². The molecule has 0 bridgehead atoms. The summed E-state index contributed by atoms with van der Waals surface area (Å²) in [6.45, 7) is 1.67. The Hall–Kier alpha value is -1.21. The van der Waals surface area contributed by atoms with E-state index in [4.69, 9.17) is 0 Å². The molecule has 1 aromatic rings. The maximum Gasteiger partial charge on any atom is 0.416 e. The van der Waals surface area contributed by atoms with Crippen LogP contribution in [0.5, 0.6) is 0 Å². The van der Waals surface area contributed by atoms with Crippen molar-refractivity contribution in [3.8, 4) is 0 Å². The van der Waals surface area contributed by atoms with E-state index in [-0.39, 0.29) is 17.7 Å². The number of nitrogens with zero attached hydrogens (tertiary/aromatic N) is 1. The Balaban J connectivity index is 1.92. The van der Waals surface area contributed by atoms with Crippen molar-refractivity contribution in [2.24, 2.45) is 0 Å². The largest absolute Gasteiger partial charge is 0.416 e. The molecule has 0 aromatic heterocycles. The van der Waals surface area contributed by atoms with Crippen LogP contribution in [0.4, 0.5) is 13.2 Å². The fourth-order valence-electron chi connectivity index (χ4n) is 2.18. The molecular weight excluding hydrogens is 301 g/mol. The van der Waals surface area contributed by atoms with E-state index in [2.05, 4.69) is 5.32 Å². The lowest BCUT2D eigenvalue weighted by Gasteiger charge is -2.23. The standard InChI is InChI=1S/C14H17F3N2OS/c1-19(11-5-6-18-8-11)13(20)9-21-12-4-2-3-10(7-12)14(15,16)17/h2-4,7,11,18H,5-6,8-9H2,1H3. The zero-order chi connectivity index (χ0) is 15.5. The lowest BCUT2D eigenvalue weighted by molar-refractivity contribution is -0.137. The summed E-state index contributed by atoms with van der Waals surface area (Å²) < 4.78 is 37.8. The molecule has 1 unspecified atom stereocenters. The number of thioether (sulfide) groups is 1. The molecule has 0 spiro atoms. The van der Waals surface area contributed by atoms with Crippen LogP contribution in [-0.2, 0) is 11.0 Å². The first kappa shape index (κ1) is 16.2. The van der Waals surface area contributed by atoms with Crippen molar-refractivity contribution >= 4 is 17.7 Å². The summed E-state index contributed by atoms with van der Waals surface area (Å²) in [5.41, 5.74) is -0.687. The number of rotatable bonds is 4. The summed E-state index contributed by atoms with van der Waals surface area (Å²) in [7, 11) is 1.74. The molecule has 3 nitrogen and oxygen atoms in total. The van der Waals surface area contributed by atoms with Gasteiger partial charge in [0.2, 0.25) is 5.91 Å². The molecule has 1 saturated heterocycles. The van der Waals surface area contributed by atoms with Gasteiger partial charge in [-0.1, -0.05) is 6.07 Å². The number of benzene rings is 1. The quantitative estimate of drug-likeness (QED) is 0.866. The summed E-state index contributed by atoms with van der Waals surface area (Å²) >= 11 is 1.13. The van der Waals surface area contributed by atoms with Crippen molar-refractivity contribution < 1.29 is 18.0 Å². The van der Waals surface area contributed by atoms with Crippen molar-refractivity contribution in [3.63, 3.8) is 0 Å². The number of carbonyl (C=O) groups is 1. The van der Waals surface area contributed by atoms with Gasteiger partial charge in [-0.3, -0.25) is 4.79 Å². The Morgan fingerprint density at radius 1 is 1.48 bits per heavy atom. The fraction of sp³-hybridized carbons (Fsp3) is 0.500. The topological polar surface area (TPSA) is 32.3 Å². The predicted molar refractivity (Wildman–Crippen MR) is 76.2 cm³/mol. The van der Waals surface area contributed by atoms with E-state index in [1.807, 2.05) is 0 Å². The van der Waals surface area contributed by atoms with Gasteiger partial charge in [0.1, 0.15) is 0 Å². The van der Waals surface area contributed by atoms with E-state index in [9.17, 15) is 18.0 Å². The molecule has 1 aliphatic rings. The van der Waals surface area contributed by atoms with E-state index in [1.54, 1.807) is 18.0 Å². The maximum absolute atomic E-state index is 12.6. The molecule has 1 aliphatic heterocycles. The molecule has 0 saturated carbocycles. The highest BCUT2D eigenvalue weighted by Crippen LogP contribution is 2.31. The Bertz CT molecular complexity index is 501. The summed E-state index contributed by atoms with van der Waals surface area (Å²) in [5, 5.41) is 3.18. The van der Waals surface area contributed by atoms with Crippen LogP contribution in [0.15, 0.2) is 29.2 Å². The lowest BCUT2D eigenvalue weighted by atomic mass is 10.2. The monoisotopic (exact) mass is 318 g/mol. The van der Waals surface area contributed by atoms with Crippen LogP contribution >= 0.6 is 11.8 Å². The maximum atomic E-state index is 12.6. The molecule has 7 heteroatoms. The van der Waals surface area contributed by atoms with Gasteiger partial charge in [0.15, 0.2) is 0 Å². The van der Waals surface area contributed by atoms with E-state index in [0.717, 1.165) is 43.4 Å². The smallest absolute Gasteiger partial charge is 0.341 e. The van der Waals surface area contributed by atoms with Crippen molar-refractivity contribution in [1.82, 2.24) is 10.2 Å². The molecule has 2 rings (SSSR count). The Labute approximate surface area is 125 Å². The Kier molecular flexibility index (Phi) is 5.16. The minimum absolute atomic E-state index is 0.0638. The van der Waals surface area contributed by atoms with Crippen molar-refractivity contribution in [3.05, 3.63) is 29.8 Å². The zero-order valence-corrected chi connectivity index (χ0v) is 12.4. The average Bonchev–Trinajstić information content (AvgIpc) is 2.97. The zero-order valence-electron chi connectivity index (χ0n) is 11.6. The number of halogens is 3. The van der Waals surface area contributed by atoms with Crippen LogP contribution < -0.4 is 5.32 Å². The van der Waals surface area contributed by atoms with Crippen LogP contribution in [0.2, 0.25) is 0 Å². The van der Waals surface area contributed by atoms with Crippen molar-refractivity contribution in [2.45, 2.75) is 23.5 Å². The molecule has 0 aliphatic carbocycles. The van der Waals surface area contributed by atoms with E-state index >= 15 is 0 Å². The third-order valence-corrected chi connectivity index (χ3v) is 4.48. The molecule has 1 aromatic carbocycles. The van der Waals surface area contributed by atoms with Crippen LogP contribution in [0, 0.1) is 0 Å². The molecule has 1 heterocycles.